The third-order valence-corrected chi connectivity index (χ3v) is 9.49. The maximum Gasteiger partial charge on any atom is 0.242 e. The number of methoxy groups -OCH3 is 1. The smallest absolute Gasteiger partial charge is 0.242 e. The number of likely N-dealkylation sites (N-methyl/N-ethyl adjacent to an activating group) is 1. The standard InChI is InChI=1S/C31H47N3O4S/c1-4-5-6-7-8-9-10-14-17-31(35)34-24-22-33(23-25-34)29-26-28(18-19-30(29)38-3)39(36,37)32(2)21-20-27-15-12-11-13-16-27/h11-13,15-16,18-19,26H,4-10,14,17,20-25H2,1-3H3. The second kappa shape index (κ2) is 15.9. The SMILES string of the molecule is CCCCCCCCCCC(=O)N1CCN(c2cc(S(=O)(=O)N(C)CCc3ccccc3)ccc2OC)CC1. The molecule has 0 unspecified atom stereocenters. The van der Waals surface area contributed by atoms with Gasteiger partial charge in [0.15, 0.2) is 0 Å². The highest BCUT2D eigenvalue weighted by molar-refractivity contribution is 7.89. The number of hydrogen-bond donors (Lipinski definition) is 0. The molecule has 0 saturated carbocycles. The molecule has 3 rings (SSSR count). The van der Waals surface area contributed by atoms with E-state index in [1.54, 1.807) is 32.4 Å². The summed E-state index contributed by atoms with van der Waals surface area (Å²) < 4.78 is 33.7. The number of rotatable bonds is 16. The molecular weight excluding hydrogens is 510 g/mol. The lowest BCUT2D eigenvalue weighted by molar-refractivity contribution is -0.131. The Balaban J connectivity index is 1.53. The van der Waals surface area contributed by atoms with E-state index in [0.29, 0.717) is 51.3 Å². The van der Waals surface area contributed by atoms with E-state index in [1.807, 2.05) is 35.2 Å². The van der Waals surface area contributed by atoms with Gasteiger partial charge in [0, 0.05) is 46.2 Å². The van der Waals surface area contributed by atoms with Crippen LogP contribution in [0.25, 0.3) is 0 Å². The molecule has 2 aromatic rings. The molecule has 0 atom stereocenters. The average Bonchev–Trinajstić information content (AvgIpc) is 2.97. The Kier molecular flexibility index (Phi) is 12.6. The lowest BCUT2D eigenvalue weighted by Crippen LogP contribution is -2.48. The van der Waals surface area contributed by atoms with Gasteiger partial charge in [-0.3, -0.25) is 4.79 Å². The summed E-state index contributed by atoms with van der Waals surface area (Å²) in [6.07, 6.45) is 11.0. The first-order valence-corrected chi connectivity index (χ1v) is 16.0. The predicted octanol–water partition coefficient (Wildman–Crippen LogP) is 5.74. The number of sulfonamides is 1. The lowest BCUT2D eigenvalue weighted by atomic mass is 10.1. The number of ether oxygens (including phenoxy) is 1. The van der Waals surface area contributed by atoms with Crippen molar-refractivity contribution in [2.75, 3.05) is 51.8 Å². The Labute approximate surface area is 236 Å². The number of anilines is 1. The number of carbonyl (C=O) groups excluding carboxylic acids is 1. The van der Waals surface area contributed by atoms with Crippen molar-refractivity contribution in [1.82, 2.24) is 9.21 Å². The molecule has 1 aliphatic heterocycles. The van der Waals surface area contributed by atoms with E-state index in [0.717, 1.165) is 24.1 Å². The maximum atomic E-state index is 13.4. The molecule has 1 fully saturated rings. The summed E-state index contributed by atoms with van der Waals surface area (Å²) >= 11 is 0. The summed E-state index contributed by atoms with van der Waals surface area (Å²) in [4.78, 5) is 17.1. The quantitative estimate of drug-likeness (QED) is 0.246. The van der Waals surface area contributed by atoms with E-state index in [1.165, 1.54) is 42.8 Å². The zero-order valence-electron chi connectivity index (χ0n) is 24.1. The molecule has 1 amide bonds. The Morgan fingerprint density at radius 2 is 1.54 bits per heavy atom. The number of carbonyl (C=O) groups is 1. The van der Waals surface area contributed by atoms with Crippen molar-refractivity contribution >= 4 is 21.6 Å². The van der Waals surface area contributed by atoms with Crippen molar-refractivity contribution in [1.29, 1.82) is 0 Å². The molecule has 216 valence electrons. The van der Waals surface area contributed by atoms with Crippen LogP contribution in [0, 0.1) is 0 Å². The molecule has 1 saturated heterocycles. The van der Waals surface area contributed by atoms with Crippen LogP contribution in [0.15, 0.2) is 53.4 Å². The summed E-state index contributed by atoms with van der Waals surface area (Å²) in [7, 11) is -0.431. The number of benzene rings is 2. The topological polar surface area (TPSA) is 70.2 Å². The first-order chi connectivity index (χ1) is 18.9. The van der Waals surface area contributed by atoms with E-state index >= 15 is 0 Å². The Morgan fingerprint density at radius 3 is 2.18 bits per heavy atom. The summed E-state index contributed by atoms with van der Waals surface area (Å²) in [5, 5.41) is 0. The van der Waals surface area contributed by atoms with Gasteiger partial charge >= 0.3 is 0 Å². The van der Waals surface area contributed by atoms with E-state index in [9.17, 15) is 13.2 Å². The first-order valence-electron chi connectivity index (χ1n) is 14.6. The predicted molar refractivity (Wildman–Crippen MR) is 159 cm³/mol. The minimum absolute atomic E-state index is 0.226. The van der Waals surface area contributed by atoms with Gasteiger partial charge in [-0.2, -0.15) is 0 Å². The highest BCUT2D eigenvalue weighted by Gasteiger charge is 2.26. The first kappa shape index (κ1) is 31.0. The molecule has 7 nitrogen and oxygen atoms in total. The number of unbranched alkanes of at least 4 members (excludes halogenated alkanes) is 7. The zero-order chi connectivity index (χ0) is 28.1. The molecule has 2 aromatic carbocycles. The number of nitrogens with zero attached hydrogens (tertiary/aromatic N) is 3. The van der Waals surface area contributed by atoms with E-state index in [-0.39, 0.29) is 10.8 Å². The van der Waals surface area contributed by atoms with Gasteiger partial charge in [-0.15, -0.1) is 0 Å². The van der Waals surface area contributed by atoms with Crippen molar-refractivity contribution in [3.63, 3.8) is 0 Å². The third kappa shape index (κ3) is 9.24. The van der Waals surface area contributed by atoms with Crippen LogP contribution in [0.4, 0.5) is 5.69 Å². The molecule has 0 N–H and O–H groups in total. The maximum absolute atomic E-state index is 13.4. The molecule has 39 heavy (non-hydrogen) atoms. The largest absolute Gasteiger partial charge is 0.495 e. The molecule has 0 spiro atoms. The Morgan fingerprint density at radius 1 is 0.897 bits per heavy atom. The number of hydrogen-bond acceptors (Lipinski definition) is 5. The number of amides is 1. The van der Waals surface area contributed by atoms with Crippen molar-refractivity contribution in [2.45, 2.75) is 76.0 Å². The molecular formula is C31H47N3O4S. The van der Waals surface area contributed by atoms with Crippen molar-refractivity contribution in [2.24, 2.45) is 0 Å². The van der Waals surface area contributed by atoms with Crippen LogP contribution in [0.2, 0.25) is 0 Å². The Hall–Kier alpha value is -2.58. The molecule has 0 aromatic heterocycles. The van der Waals surface area contributed by atoms with E-state index in [4.69, 9.17) is 4.74 Å². The molecule has 0 bridgehead atoms. The second-order valence-electron chi connectivity index (χ2n) is 10.5. The molecule has 1 heterocycles. The van der Waals surface area contributed by atoms with Crippen molar-refractivity contribution in [3.8, 4) is 5.75 Å². The fraction of sp³-hybridized carbons (Fsp3) is 0.581. The average molecular weight is 558 g/mol. The van der Waals surface area contributed by atoms with Crippen molar-refractivity contribution < 1.29 is 17.9 Å². The molecule has 0 aliphatic carbocycles. The van der Waals surface area contributed by atoms with Crippen molar-refractivity contribution in [3.05, 3.63) is 54.1 Å². The van der Waals surface area contributed by atoms with Crippen LogP contribution in [-0.2, 0) is 21.2 Å². The van der Waals surface area contributed by atoms with Gasteiger partial charge in [0.05, 0.1) is 17.7 Å². The summed E-state index contributed by atoms with van der Waals surface area (Å²) in [5.41, 5.74) is 1.86. The lowest BCUT2D eigenvalue weighted by Gasteiger charge is -2.37. The molecule has 8 heteroatoms. The summed E-state index contributed by atoms with van der Waals surface area (Å²) in [6.45, 7) is 5.19. The molecule has 0 radical (unpaired) electrons. The Bertz CT molecular complexity index is 1120. The fourth-order valence-corrected chi connectivity index (χ4v) is 6.27. The van der Waals surface area contributed by atoms with Gasteiger partial charge < -0.3 is 14.5 Å². The van der Waals surface area contributed by atoms with Crippen LogP contribution in [0.5, 0.6) is 5.75 Å². The summed E-state index contributed by atoms with van der Waals surface area (Å²) in [5.74, 6) is 0.864. The van der Waals surface area contributed by atoms with Crippen LogP contribution >= 0.6 is 0 Å². The van der Waals surface area contributed by atoms with Gasteiger partial charge in [-0.05, 0) is 36.6 Å². The third-order valence-electron chi connectivity index (χ3n) is 7.63. The van der Waals surface area contributed by atoms with Crippen LogP contribution in [0.3, 0.4) is 0 Å². The van der Waals surface area contributed by atoms with Gasteiger partial charge in [-0.1, -0.05) is 82.2 Å². The fourth-order valence-electron chi connectivity index (χ4n) is 5.07. The van der Waals surface area contributed by atoms with E-state index in [2.05, 4.69) is 11.8 Å². The minimum atomic E-state index is -3.65. The normalized spacial score (nSPS) is 14.2. The van der Waals surface area contributed by atoms with Gasteiger partial charge in [0.1, 0.15) is 5.75 Å². The van der Waals surface area contributed by atoms with Gasteiger partial charge in [0.25, 0.3) is 0 Å². The second-order valence-corrected chi connectivity index (χ2v) is 12.5. The molecule has 1 aliphatic rings. The van der Waals surface area contributed by atoms with Crippen LogP contribution in [-0.4, -0.2) is 70.4 Å². The number of piperazine rings is 1. The van der Waals surface area contributed by atoms with Gasteiger partial charge in [-0.25, -0.2) is 12.7 Å². The minimum Gasteiger partial charge on any atom is -0.495 e. The zero-order valence-corrected chi connectivity index (χ0v) is 24.9. The van der Waals surface area contributed by atoms with E-state index < -0.39 is 10.0 Å². The highest BCUT2D eigenvalue weighted by atomic mass is 32.2. The summed E-state index contributed by atoms with van der Waals surface area (Å²) in [6, 6.07) is 14.9. The van der Waals surface area contributed by atoms with Crippen LogP contribution in [0.1, 0.15) is 70.3 Å². The monoisotopic (exact) mass is 557 g/mol. The highest BCUT2D eigenvalue weighted by Crippen LogP contribution is 2.32. The van der Waals surface area contributed by atoms with Crippen LogP contribution < -0.4 is 9.64 Å². The van der Waals surface area contributed by atoms with Gasteiger partial charge in [0.2, 0.25) is 15.9 Å².